The third-order valence-electron chi connectivity index (χ3n) is 3.47. The molecule has 124 valence electrons. The maximum Gasteiger partial charge on any atom is 0.324 e. The molecule has 1 atom stereocenters. The fourth-order valence-electron chi connectivity index (χ4n) is 1.94. The van der Waals surface area contributed by atoms with E-state index < -0.39 is 17.4 Å². The van der Waals surface area contributed by atoms with E-state index in [-0.39, 0.29) is 23.9 Å². The van der Waals surface area contributed by atoms with Gasteiger partial charge in [-0.25, -0.2) is 0 Å². The number of hydrogen-bond donors (Lipinski definition) is 0. The monoisotopic (exact) mass is 318 g/mol. The van der Waals surface area contributed by atoms with Gasteiger partial charge in [-0.3, -0.25) is 9.59 Å². The van der Waals surface area contributed by atoms with Crippen LogP contribution in [0.1, 0.15) is 54.9 Å². The predicted octanol–water partition coefficient (Wildman–Crippen LogP) is 3.68. The predicted molar refractivity (Wildman–Crippen MR) is 87.4 cm³/mol. The van der Waals surface area contributed by atoms with E-state index in [4.69, 9.17) is 9.47 Å². The smallest absolute Gasteiger partial charge is 0.324 e. The molecule has 0 saturated carbocycles. The molecule has 0 radical (unpaired) electrons. The van der Waals surface area contributed by atoms with Gasteiger partial charge in [-0.2, -0.15) is 11.8 Å². The highest BCUT2D eigenvalue weighted by Crippen LogP contribution is 2.40. The van der Waals surface area contributed by atoms with Crippen molar-refractivity contribution in [3.05, 3.63) is 0 Å². The SMILES string of the molecule is CCOC(=O)C(CSC(C)(C)C)(C(=O)OCC)C(C)CC. The summed E-state index contributed by atoms with van der Waals surface area (Å²) < 4.78 is 10.4. The van der Waals surface area contributed by atoms with E-state index in [2.05, 4.69) is 20.8 Å². The van der Waals surface area contributed by atoms with Crippen LogP contribution in [0.25, 0.3) is 0 Å². The van der Waals surface area contributed by atoms with Crippen LogP contribution in [0.15, 0.2) is 0 Å². The number of esters is 2. The zero-order chi connectivity index (χ0) is 16.7. The summed E-state index contributed by atoms with van der Waals surface area (Å²) in [6.45, 7) is 14.1. The number of carbonyl (C=O) groups is 2. The van der Waals surface area contributed by atoms with Gasteiger partial charge in [0.25, 0.3) is 0 Å². The Labute approximate surface area is 133 Å². The zero-order valence-electron chi connectivity index (χ0n) is 14.4. The van der Waals surface area contributed by atoms with Crippen LogP contribution in [0.2, 0.25) is 0 Å². The zero-order valence-corrected chi connectivity index (χ0v) is 15.3. The Bertz CT molecular complexity index is 329. The molecule has 21 heavy (non-hydrogen) atoms. The lowest BCUT2D eigenvalue weighted by molar-refractivity contribution is -0.174. The summed E-state index contributed by atoms with van der Waals surface area (Å²) in [6.07, 6.45) is 0.711. The van der Waals surface area contributed by atoms with Gasteiger partial charge in [0, 0.05) is 10.5 Å². The summed E-state index contributed by atoms with van der Waals surface area (Å²) in [6, 6.07) is 0. The van der Waals surface area contributed by atoms with E-state index in [0.717, 1.165) is 0 Å². The summed E-state index contributed by atoms with van der Waals surface area (Å²) in [7, 11) is 0. The van der Waals surface area contributed by atoms with Gasteiger partial charge in [0.15, 0.2) is 5.41 Å². The van der Waals surface area contributed by atoms with E-state index in [1.54, 1.807) is 25.6 Å². The van der Waals surface area contributed by atoms with E-state index in [1.807, 2.05) is 13.8 Å². The maximum atomic E-state index is 12.6. The molecule has 0 aliphatic heterocycles. The molecular weight excluding hydrogens is 288 g/mol. The Balaban J connectivity index is 5.61. The fraction of sp³-hybridized carbons (Fsp3) is 0.875. The molecule has 0 bridgehead atoms. The van der Waals surface area contributed by atoms with Gasteiger partial charge in [-0.1, -0.05) is 41.0 Å². The van der Waals surface area contributed by atoms with Crippen LogP contribution in [-0.2, 0) is 19.1 Å². The maximum absolute atomic E-state index is 12.6. The van der Waals surface area contributed by atoms with E-state index in [0.29, 0.717) is 12.2 Å². The second-order valence-corrected chi connectivity index (χ2v) is 7.92. The number of hydrogen-bond acceptors (Lipinski definition) is 5. The third-order valence-corrected chi connectivity index (χ3v) is 4.93. The van der Waals surface area contributed by atoms with Gasteiger partial charge >= 0.3 is 11.9 Å². The minimum absolute atomic E-state index is 0.0439. The van der Waals surface area contributed by atoms with Crippen LogP contribution in [0, 0.1) is 11.3 Å². The van der Waals surface area contributed by atoms with Crippen LogP contribution >= 0.6 is 11.8 Å². The molecule has 0 rings (SSSR count). The largest absolute Gasteiger partial charge is 0.465 e. The Morgan fingerprint density at radius 2 is 1.43 bits per heavy atom. The lowest BCUT2D eigenvalue weighted by Crippen LogP contribution is -2.49. The Kier molecular flexibility index (Phi) is 8.37. The van der Waals surface area contributed by atoms with E-state index in [9.17, 15) is 9.59 Å². The molecule has 0 aromatic heterocycles. The highest BCUT2D eigenvalue weighted by molar-refractivity contribution is 8.00. The second kappa shape index (κ2) is 8.66. The normalized spacial score (nSPS) is 13.7. The first-order chi connectivity index (χ1) is 9.65. The first-order valence-corrected chi connectivity index (χ1v) is 8.62. The van der Waals surface area contributed by atoms with Crippen molar-refractivity contribution in [2.45, 2.75) is 59.6 Å². The number of thioether (sulfide) groups is 1. The van der Waals surface area contributed by atoms with Crippen LogP contribution in [0.4, 0.5) is 0 Å². The number of ether oxygens (including phenoxy) is 2. The number of rotatable bonds is 8. The van der Waals surface area contributed by atoms with Gasteiger partial charge in [0.2, 0.25) is 0 Å². The molecule has 0 saturated heterocycles. The van der Waals surface area contributed by atoms with Crippen LogP contribution < -0.4 is 0 Å². The Morgan fingerprint density at radius 3 is 1.71 bits per heavy atom. The molecule has 0 aliphatic carbocycles. The summed E-state index contributed by atoms with van der Waals surface area (Å²) in [5.74, 6) is -0.682. The Morgan fingerprint density at radius 1 is 1.00 bits per heavy atom. The summed E-state index contributed by atoms with van der Waals surface area (Å²) in [5, 5.41) is 0. The van der Waals surface area contributed by atoms with Crippen molar-refractivity contribution in [1.82, 2.24) is 0 Å². The highest BCUT2D eigenvalue weighted by atomic mass is 32.2. The van der Waals surface area contributed by atoms with Gasteiger partial charge < -0.3 is 9.47 Å². The summed E-state index contributed by atoms with van der Waals surface area (Å²) in [4.78, 5) is 25.1. The minimum atomic E-state index is -1.22. The lowest BCUT2D eigenvalue weighted by Gasteiger charge is -2.35. The van der Waals surface area contributed by atoms with Crippen molar-refractivity contribution in [3.63, 3.8) is 0 Å². The van der Waals surface area contributed by atoms with E-state index >= 15 is 0 Å². The van der Waals surface area contributed by atoms with Gasteiger partial charge in [-0.15, -0.1) is 0 Å². The molecule has 0 N–H and O–H groups in total. The van der Waals surface area contributed by atoms with Crippen molar-refractivity contribution in [2.24, 2.45) is 11.3 Å². The Hall–Kier alpha value is -0.710. The van der Waals surface area contributed by atoms with Crippen LogP contribution in [0.5, 0.6) is 0 Å². The molecule has 0 spiro atoms. The molecule has 1 unspecified atom stereocenters. The van der Waals surface area contributed by atoms with Gasteiger partial charge in [0.1, 0.15) is 0 Å². The first-order valence-electron chi connectivity index (χ1n) is 7.64. The minimum Gasteiger partial charge on any atom is -0.465 e. The standard InChI is InChI=1S/C16H30O4S/c1-8-12(4)16(13(17)19-9-2,14(18)20-10-3)11-21-15(5,6)7/h12H,8-11H2,1-7H3. The van der Waals surface area contributed by atoms with Crippen molar-refractivity contribution in [1.29, 1.82) is 0 Å². The molecule has 0 amide bonds. The van der Waals surface area contributed by atoms with Crippen LogP contribution in [0.3, 0.4) is 0 Å². The lowest BCUT2D eigenvalue weighted by atomic mass is 9.76. The van der Waals surface area contributed by atoms with Crippen LogP contribution in [-0.4, -0.2) is 35.7 Å². The highest BCUT2D eigenvalue weighted by Gasteiger charge is 2.53. The molecule has 4 nitrogen and oxygen atoms in total. The van der Waals surface area contributed by atoms with Gasteiger partial charge in [0.05, 0.1) is 13.2 Å². The number of carbonyl (C=O) groups excluding carboxylic acids is 2. The van der Waals surface area contributed by atoms with Crippen molar-refractivity contribution < 1.29 is 19.1 Å². The first kappa shape index (κ1) is 20.3. The molecule has 0 aromatic carbocycles. The van der Waals surface area contributed by atoms with Crippen molar-refractivity contribution >= 4 is 23.7 Å². The molecule has 0 fully saturated rings. The molecule has 0 aliphatic rings. The fourth-order valence-corrected chi connectivity index (χ4v) is 3.13. The molecule has 5 heteroatoms. The summed E-state index contributed by atoms with van der Waals surface area (Å²) >= 11 is 1.59. The van der Waals surface area contributed by atoms with Gasteiger partial charge in [-0.05, 0) is 19.8 Å². The summed E-state index contributed by atoms with van der Waals surface area (Å²) in [5.41, 5.74) is -1.22. The third kappa shape index (κ3) is 5.53. The van der Waals surface area contributed by atoms with Crippen molar-refractivity contribution in [3.8, 4) is 0 Å². The average Bonchev–Trinajstić information content (AvgIpc) is 2.38. The average molecular weight is 318 g/mol. The second-order valence-electron chi connectivity index (χ2n) is 6.12. The quantitative estimate of drug-likeness (QED) is 0.505. The van der Waals surface area contributed by atoms with Crippen molar-refractivity contribution in [2.75, 3.05) is 19.0 Å². The molecule has 0 heterocycles. The van der Waals surface area contributed by atoms with E-state index in [1.165, 1.54) is 0 Å². The molecular formula is C16H30O4S. The topological polar surface area (TPSA) is 52.6 Å². The molecule has 0 aromatic rings.